The van der Waals surface area contributed by atoms with E-state index in [0.29, 0.717) is 5.75 Å². The van der Waals surface area contributed by atoms with E-state index in [1.165, 1.54) is 0 Å². The highest BCUT2D eigenvalue weighted by molar-refractivity contribution is 7.99. The van der Waals surface area contributed by atoms with E-state index in [-0.39, 0.29) is 12.1 Å². The zero-order valence-corrected chi connectivity index (χ0v) is 14.7. The summed E-state index contributed by atoms with van der Waals surface area (Å²) >= 11 is 1.74. The summed E-state index contributed by atoms with van der Waals surface area (Å²) in [6.45, 7) is 7.56. The molecule has 1 atom stereocenters. The quantitative estimate of drug-likeness (QED) is 0.569. The summed E-state index contributed by atoms with van der Waals surface area (Å²) in [5.41, 5.74) is -0.457. The number of hydrogen-bond donors (Lipinski definition) is 2. The average Bonchev–Trinajstić information content (AvgIpc) is 2.35. The molecule has 22 heavy (non-hydrogen) atoms. The number of aromatic hydroxyl groups is 1. The van der Waals surface area contributed by atoms with Gasteiger partial charge in [-0.1, -0.05) is 12.5 Å². The van der Waals surface area contributed by atoms with Gasteiger partial charge in [-0.2, -0.15) is 0 Å². The molecular weight excluding hydrogens is 298 g/mol. The van der Waals surface area contributed by atoms with Crippen LogP contribution in [0.2, 0.25) is 0 Å². The van der Waals surface area contributed by atoms with E-state index in [1.807, 2.05) is 39.8 Å². The molecule has 1 rings (SSSR count). The maximum atomic E-state index is 11.6. The Labute approximate surface area is 137 Å². The number of phenols is 1. The SMILES string of the molecule is C[C@H](CCCCSc1cccc(O)c1)NC(=O)OC(C)(C)C. The average molecular weight is 325 g/mol. The first-order valence-electron chi connectivity index (χ1n) is 7.67. The van der Waals surface area contributed by atoms with E-state index in [0.717, 1.165) is 29.9 Å². The lowest BCUT2D eigenvalue weighted by molar-refractivity contribution is 0.0506. The lowest BCUT2D eigenvalue weighted by Crippen LogP contribution is -2.37. The number of alkyl carbamates (subject to hydrolysis) is 1. The normalized spacial score (nSPS) is 12.7. The standard InChI is InChI=1S/C17H27NO3S/c1-13(18-16(20)21-17(2,3)4)8-5-6-11-22-15-10-7-9-14(19)12-15/h7,9-10,12-13,19H,5-6,8,11H2,1-4H3,(H,18,20)/t13-/m1/s1. The van der Waals surface area contributed by atoms with Crippen LogP contribution in [0.25, 0.3) is 0 Å². The van der Waals surface area contributed by atoms with Gasteiger partial charge in [0.15, 0.2) is 0 Å². The number of thioether (sulfide) groups is 1. The molecule has 0 aliphatic heterocycles. The van der Waals surface area contributed by atoms with Crippen molar-refractivity contribution in [2.45, 2.75) is 63.5 Å². The number of benzene rings is 1. The highest BCUT2D eigenvalue weighted by Crippen LogP contribution is 2.23. The van der Waals surface area contributed by atoms with Gasteiger partial charge in [0.1, 0.15) is 11.4 Å². The van der Waals surface area contributed by atoms with Gasteiger partial charge >= 0.3 is 6.09 Å². The van der Waals surface area contributed by atoms with Crippen LogP contribution < -0.4 is 5.32 Å². The first-order valence-corrected chi connectivity index (χ1v) is 8.66. The van der Waals surface area contributed by atoms with Gasteiger partial charge in [0.2, 0.25) is 0 Å². The Hall–Kier alpha value is -1.36. The van der Waals surface area contributed by atoms with Gasteiger partial charge in [-0.15, -0.1) is 11.8 Å². The summed E-state index contributed by atoms with van der Waals surface area (Å²) in [5, 5.41) is 12.2. The molecular formula is C17H27NO3S. The second-order valence-corrected chi connectivity index (χ2v) is 7.56. The first kappa shape index (κ1) is 18.7. The molecule has 0 fully saturated rings. The Morgan fingerprint density at radius 3 is 2.73 bits per heavy atom. The van der Waals surface area contributed by atoms with Crippen LogP contribution in [-0.2, 0) is 4.74 Å². The lowest BCUT2D eigenvalue weighted by Gasteiger charge is -2.21. The van der Waals surface area contributed by atoms with Crippen molar-refractivity contribution in [2.75, 3.05) is 5.75 Å². The van der Waals surface area contributed by atoms with Crippen molar-refractivity contribution < 1.29 is 14.6 Å². The van der Waals surface area contributed by atoms with Crippen molar-refractivity contribution in [3.8, 4) is 5.75 Å². The van der Waals surface area contributed by atoms with Gasteiger partial charge in [0, 0.05) is 10.9 Å². The van der Waals surface area contributed by atoms with Crippen molar-refractivity contribution in [3.63, 3.8) is 0 Å². The molecule has 0 bridgehead atoms. The predicted molar refractivity (Wildman–Crippen MR) is 91.5 cm³/mol. The fourth-order valence-corrected chi connectivity index (χ4v) is 2.86. The van der Waals surface area contributed by atoms with Gasteiger partial charge in [-0.05, 0) is 64.5 Å². The molecule has 0 radical (unpaired) electrons. The molecule has 0 saturated carbocycles. The Morgan fingerprint density at radius 2 is 2.09 bits per heavy atom. The Morgan fingerprint density at radius 1 is 1.36 bits per heavy atom. The second-order valence-electron chi connectivity index (χ2n) is 6.39. The minimum Gasteiger partial charge on any atom is -0.508 e. The van der Waals surface area contributed by atoms with Gasteiger partial charge in [0.25, 0.3) is 0 Å². The molecule has 1 amide bonds. The van der Waals surface area contributed by atoms with Crippen LogP contribution in [0.5, 0.6) is 5.75 Å². The van der Waals surface area contributed by atoms with E-state index in [9.17, 15) is 9.90 Å². The molecule has 4 nitrogen and oxygen atoms in total. The van der Waals surface area contributed by atoms with Crippen LogP contribution in [-0.4, -0.2) is 28.6 Å². The number of phenolic OH excluding ortho intramolecular Hbond substituents is 1. The van der Waals surface area contributed by atoms with Crippen molar-refractivity contribution >= 4 is 17.9 Å². The molecule has 0 unspecified atom stereocenters. The molecule has 0 heterocycles. The zero-order valence-electron chi connectivity index (χ0n) is 13.9. The fourth-order valence-electron chi connectivity index (χ4n) is 1.90. The maximum Gasteiger partial charge on any atom is 0.407 e. The van der Waals surface area contributed by atoms with E-state index < -0.39 is 5.60 Å². The summed E-state index contributed by atoms with van der Waals surface area (Å²) in [6, 6.07) is 7.41. The smallest absolute Gasteiger partial charge is 0.407 e. The summed E-state index contributed by atoms with van der Waals surface area (Å²) in [6.07, 6.45) is 2.69. The largest absolute Gasteiger partial charge is 0.508 e. The topological polar surface area (TPSA) is 58.6 Å². The molecule has 124 valence electrons. The molecule has 0 spiro atoms. The van der Waals surface area contributed by atoms with Crippen LogP contribution in [0.1, 0.15) is 47.0 Å². The van der Waals surface area contributed by atoms with Crippen LogP contribution in [0, 0.1) is 0 Å². The maximum absolute atomic E-state index is 11.6. The minimum absolute atomic E-state index is 0.112. The first-order chi connectivity index (χ1) is 10.3. The van der Waals surface area contributed by atoms with Crippen molar-refractivity contribution in [1.29, 1.82) is 0 Å². The van der Waals surface area contributed by atoms with Gasteiger partial charge in [0.05, 0.1) is 0 Å². The molecule has 0 aliphatic rings. The van der Waals surface area contributed by atoms with Crippen molar-refractivity contribution in [3.05, 3.63) is 24.3 Å². The van der Waals surface area contributed by atoms with Crippen LogP contribution in [0.3, 0.4) is 0 Å². The van der Waals surface area contributed by atoms with Crippen molar-refractivity contribution in [1.82, 2.24) is 5.32 Å². The zero-order chi connectivity index (χ0) is 16.6. The monoisotopic (exact) mass is 325 g/mol. The highest BCUT2D eigenvalue weighted by Gasteiger charge is 2.17. The third-order valence-electron chi connectivity index (χ3n) is 2.88. The Bertz CT molecular complexity index is 471. The van der Waals surface area contributed by atoms with Crippen LogP contribution in [0.15, 0.2) is 29.2 Å². The van der Waals surface area contributed by atoms with Crippen molar-refractivity contribution in [2.24, 2.45) is 0 Å². The fraction of sp³-hybridized carbons (Fsp3) is 0.588. The molecule has 0 aromatic heterocycles. The Kier molecular flexibility index (Phi) is 7.59. The number of ether oxygens (including phenoxy) is 1. The third-order valence-corrected chi connectivity index (χ3v) is 3.96. The number of rotatable bonds is 7. The molecule has 0 aliphatic carbocycles. The molecule has 0 saturated heterocycles. The molecule has 2 N–H and O–H groups in total. The van der Waals surface area contributed by atoms with Crippen LogP contribution in [0.4, 0.5) is 4.79 Å². The lowest BCUT2D eigenvalue weighted by atomic mass is 10.1. The van der Waals surface area contributed by atoms with Gasteiger partial charge in [-0.3, -0.25) is 0 Å². The minimum atomic E-state index is -0.457. The van der Waals surface area contributed by atoms with E-state index in [1.54, 1.807) is 23.9 Å². The summed E-state index contributed by atoms with van der Waals surface area (Å²) in [4.78, 5) is 12.7. The molecule has 1 aromatic carbocycles. The molecule has 1 aromatic rings. The van der Waals surface area contributed by atoms with E-state index in [2.05, 4.69) is 5.32 Å². The Balaban J connectivity index is 2.12. The van der Waals surface area contributed by atoms with Gasteiger partial charge < -0.3 is 15.2 Å². The number of amides is 1. The van der Waals surface area contributed by atoms with Crippen LogP contribution >= 0.6 is 11.8 Å². The summed E-state index contributed by atoms with van der Waals surface area (Å²) < 4.78 is 5.23. The van der Waals surface area contributed by atoms with Gasteiger partial charge in [-0.25, -0.2) is 4.79 Å². The number of unbranched alkanes of at least 4 members (excludes halogenated alkanes) is 1. The number of carbonyl (C=O) groups is 1. The van der Waals surface area contributed by atoms with E-state index >= 15 is 0 Å². The summed E-state index contributed by atoms with van der Waals surface area (Å²) in [5.74, 6) is 1.31. The predicted octanol–water partition coefficient (Wildman–Crippen LogP) is 4.57. The summed E-state index contributed by atoms with van der Waals surface area (Å²) in [7, 11) is 0. The number of nitrogens with one attached hydrogen (secondary N) is 1. The second kappa shape index (κ2) is 8.93. The number of carbonyl (C=O) groups excluding carboxylic acids is 1. The molecule has 5 heteroatoms. The highest BCUT2D eigenvalue weighted by atomic mass is 32.2. The number of hydrogen-bond acceptors (Lipinski definition) is 4. The van der Waals surface area contributed by atoms with E-state index in [4.69, 9.17) is 4.74 Å². The third kappa shape index (κ3) is 8.82.